The lowest BCUT2D eigenvalue weighted by atomic mass is 9.94. The first-order valence-electron chi connectivity index (χ1n) is 12.8. The first-order valence-corrected chi connectivity index (χ1v) is 12.8. The van der Waals surface area contributed by atoms with Crippen molar-refractivity contribution < 1.29 is 23.9 Å². The summed E-state index contributed by atoms with van der Waals surface area (Å²) in [6.07, 6.45) is 4.99. The van der Waals surface area contributed by atoms with Crippen LogP contribution in [0.5, 0.6) is 11.5 Å². The molecule has 6 rings (SSSR count). The lowest BCUT2D eigenvalue weighted by Gasteiger charge is -2.34. The summed E-state index contributed by atoms with van der Waals surface area (Å²) in [5.41, 5.74) is 2.50. The molecule has 0 unspecified atom stereocenters. The monoisotopic (exact) mass is 490 g/mol. The van der Waals surface area contributed by atoms with Crippen LogP contribution < -0.4 is 14.8 Å². The third-order valence-electron chi connectivity index (χ3n) is 7.61. The summed E-state index contributed by atoms with van der Waals surface area (Å²) in [6, 6.07) is 10.8. The molecule has 0 radical (unpaired) electrons. The van der Waals surface area contributed by atoms with E-state index in [1.165, 1.54) is 4.90 Å². The van der Waals surface area contributed by atoms with E-state index in [0.717, 1.165) is 68.8 Å². The minimum atomic E-state index is -0.241. The van der Waals surface area contributed by atoms with Crippen LogP contribution >= 0.6 is 0 Å². The van der Waals surface area contributed by atoms with E-state index in [4.69, 9.17) is 9.47 Å². The maximum atomic E-state index is 13.1. The van der Waals surface area contributed by atoms with Crippen LogP contribution in [0.25, 0.3) is 0 Å². The number of fused-ring (bicyclic) bond motifs is 2. The summed E-state index contributed by atoms with van der Waals surface area (Å²) >= 11 is 0. The van der Waals surface area contributed by atoms with Gasteiger partial charge in [-0.2, -0.15) is 0 Å². The highest BCUT2D eigenvalue weighted by Gasteiger charge is 2.40. The Morgan fingerprint density at radius 1 is 0.861 bits per heavy atom. The van der Waals surface area contributed by atoms with E-state index >= 15 is 0 Å². The standard InChI is InChI=1S/C27H30N4O5/c32-25-21-8-7-19(15-22(21)26(33)31(25)20-4-2-1-3-5-20)28-27(34)30-12-10-29(11-13-30)16-18-6-9-23-24(14-18)36-17-35-23/h6-9,14-15,20H,1-5,10-13,16-17H2,(H,28,34). The predicted molar refractivity (Wildman–Crippen MR) is 132 cm³/mol. The average molecular weight is 491 g/mol. The quantitative estimate of drug-likeness (QED) is 0.658. The van der Waals surface area contributed by atoms with Crippen molar-refractivity contribution in [3.8, 4) is 11.5 Å². The van der Waals surface area contributed by atoms with Crippen LogP contribution in [-0.4, -0.2) is 71.6 Å². The molecule has 1 aliphatic carbocycles. The largest absolute Gasteiger partial charge is 0.454 e. The number of imide groups is 1. The molecule has 4 amide bonds. The van der Waals surface area contributed by atoms with Gasteiger partial charge in [0.15, 0.2) is 11.5 Å². The molecule has 9 nitrogen and oxygen atoms in total. The van der Waals surface area contributed by atoms with E-state index in [-0.39, 0.29) is 30.7 Å². The normalized spacial score (nSPS) is 20.1. The molecule has 4 aliphatic rings. The Morgan fingerprint density at radius 3 is 2.42 bits per heavy atom. The number of urea groups is 1. The van der Waals surface area contributed by atoms with Gasteiger partial charge in [0, 0.05) is 44.5 Å². The van der Waals surface area contributed by atoms with Gasteiger partial charge in [0.05, 0.1) is 11.1 Å². The van der Waals surface area contributed by atoms with E-state index in [1.54, 1.807) is 23.1 Å². The lowest BCUT2D eigenvalue weighted by Crippen LogP contribution is -2.49. The molecule has 1 saturated heterocycles. The first-order chi connectivity index (χ1) is 17.6. The molecule has 3 aliphatic heterocycles. The molecule has 0 aromatic heterocycles. The summed E-state index contributed by atoms with van der Waals surface area (Å²) in [6.45, 7) is 3.78. The van der Waals surface area contributed by atoms with Gasteiger partial charge in [-0.25, -0.2) is 4.79 Å². The fraction of sp³-hybridized carbons (Fsp3) is 0.444. The third kappa shape index (κ3) is 4.28. The number of rotatable bonds is 4. The molecule has 1 saturated carbocycles. The zero-order chi connectivity index (χ0) is 24.6. The highest BCUT2D eigenvalue weighted by Crippen LogP contribution is 2.34. The predicted octanol–water partition coefficient (Wildman–Crippen LogP) is 3.69. The molecule has 0 atom stereocenters. The highest BCUT2D eigenvalue weighted by atomic mass is 16.7. The second-order valence-electron chi connectivity index (χ2n) is 9.91. The molecular weight excluding hydrogens is 460 g/mol. The Kier molecular flexibility index (Phi) is 6.00. The highest BCUT2D eigenvalue weighted by molar-refractivity contribution is 6.22. The molecular formula is C27H30N4O5. The Hall–Kier alpha value is -3.59. The van der Waals surface area contributed by atoms with E-state index in [1.807, 2.05) is 18.2 Å². The second-order valence-corrected chi connectivity index (χ2v) is 9.91. The van der Waals surface area contributed by atoms with Crippen molar-refractivity contribution >= 4 is 23.5 Å². The van der Waals surface area contributed by atoms with Crippen LogP contribution in [0.4, 0.5) is 10.5 Å². The van der Waals surface area contributed by atoms with Crippen LogP contribution in [0.2, 0.25) is 0 Å². The maximum absolute atomic E-state index is 13.1. The zero-order valence-corrected chi connectivity index (χ0v) is 20.2. The SMILES string of the molecule is O=C(Nc1ccc2c(c1)C(=O)N(C1CCCCC1)C2=O)N1CCN(Cc2ccc3c(c2)OCO3)CC1. The number of carbonyl (C=O) groups is 3. The molecule has 3 heterocycles. The number of benzene rings is 2. The second kappa shape index (κ2) is 9.46. The molecule has 0 bridgehead atoms. The van der Waals surface area contributed by atoms with Gasteiger partial charge >= 0.3 is 6.03 Å². The Bertz CT molecular complexity index is 1200. The van der Waals surface area contributed by atoms with Gasteiger partial charge in [0.25, 0.3) is 11.8 Å². The van der Waals surface area contributed by atoms with Crippen molar-refractivity contribution in [2.45, 2.75) is 44.7 Å². The van der Waals surface area contributed by atoms with Crippen molar-refractivity contribution in [2.24, 2.45) is 0 Å². The minimum absolute atomic E-state index is 0.0156. The number of piperazine rings is 1. The first kappa shape index (κ1) is 22.8. The topological polar surface area (TPSA) is 91.4 Å². The van der Waals surface area contributed by atoms with Gasteiger partial charge in [-0.3, -0.25) is 19.4 Å². The Balaban J connectivity index is 1.05. The fourth-order valence-electron chi connectivity index (χ4n) is 5.62. The minimum Gasteiger partial charge on any atom is -0.454 e. The number of hydrogen-bond acceptors (Lipinski definition) is 6. The smallest absolute Gasteiger partial charge is 0.321 e. The van der Waals surface area contributed by atoms with Crippen LogP contribution in [0.15, 0.2) is 36.4 Å². The fourth-order valence-corrected chi connectivity index (χ4v) is 5.62. The Morgan fingerprint density at radius 2 is 1.61 bits per heavy atom. The van der Waals surface area contributed by atoms with Crippen molar-refractivity contribution in [3.05, 3.63) is 53.1 Å². The number of carbonyl (C=O) groups excluding carboxylic acids is 3. The van der Waals surface area contributed by atoms with Gasteiger partial charge in [-0.15, -0.1) is 0 Å². The van der Waals surface area contributed by atoms with E-state index in [2.05, 4.69) is 10.2 Å². The van der Waals surface area contributed by atoms with Crippen molar-refractivity contribution in [2.75, 3.05) is 38.3 Å². The maximum Gasteiger partial charge on any atom is 0.321 e. The van der Waals surface area contributed by atoms with Crippen molar-refractivity contribution in [3.63, 3.8) is 0 Å². The van der Waals surface area contributed by atoms with Gasteiger partial charge in [-0.1, -0.05) is 25.3 Å². The molecule has 9 heteroatoms. The summed E-state index contributed by atoms with van der Waals surface area (Å²) < 4.78 is 10.8. The summed E-state index contributed by atoms with van der Waals surface area (Å²) in [4.78, 5) is 44.4. The number of hydrogen-bond donors (Lipinski definition) is 1. The molecule has 2 aromatic rings. The number of amides is 4. The molecule has 36 heavy (non-hydrogen) atoms. The molecule has 0 spiro atoms. The van der Waals surface area contributed by atoms with Gasteiger partial charge in [-0.05, 0) is 48.7 Å². The van der Waals surface area contributed by atoms with Gasteiger partial charge in [0.1, 0.15) is 0 Å². The summed E-state index contributed by atoms with van der Waals surface area (Å²) in [5.74, 6) is 1.11. The third-order valence-corrected chi connectivity index (χ3v) is 7.61. The Labute approximate surface area is 209 Å². The number of anilines is 1. The summed E-state index contributed by atoms with van der Waals surface area (Å²) in [7, 11) is 0. The van der Waals surface area contributed by atoms with Crippen LogP contribution in [0, 0.1) is 0 Å². The molecule has 1 N–H and O–H groups in total. The zero-order valence-electron chi connectivity index (χ0n) is 20.2. The number of nitrogens with zero attached hydrogens (tertiary/aromatic N) is 3. The number of ether oxygens (including phenoxy) is 2. The molecule has 2 fully saturated rings. The van der Waals surface area contributed by atoms with Crippen molar-refractivity contribution in [1.82, 2.24) is 14.7 Å². The number of nitrogens with one attached hydrogen (secondary N) is 1. The van der Waals surface area contributed by atoms with E-state index < -0.39 is 0 Å². The molecule has 188 valence electrons. The van der Waals surface area contributed by atoms with Gasteiger partial charge < -0.3 is 19.7 Å². The van der Waals surface area contributed by atoms with E-state index in [9.17, 15) is 14.4 Å². The van der Waals surface area contributed by atoms with Gasteiger partial charge in [0.2, 0.25) is 6.79 Å². The summed E-state index contributed by atoms with van der Waals surface area (Å²) in [5, 5.41) is 2.92. The van der Waals surface area contributed by atoms with Crippen LogP contribution in [-0.2, 0) is 6.54 Å². The van der Waals surface area contributed by atoms with Crippen LogP contribution in [0.1, 0.15) is 58.4 Å². The van der Waals surface area contributed by atoms with Crippen LogP contribution in [0.3, 0.4) is 0 Å². The van der Waals surface area contributed by atoms with Crippen molar-refractivity contribution in [1.29, 1.82) is 0 Å². The molecule has 2 aromatic carbocycles. The van der Waals surface area contributed by atoms with E-state index in [0.29, 0.717) is 29.9 Å². The lowest BCUT2D eigenvalue weighted by molar-refractivity contribution is 0.0549. The average Bonchev–Trinajstić information content (AvgIpc) is 3.46.